The molecule has 3 aromatic rings. The molecule has 0 spiro atoms. The average molecular weight is 475 g/mol. The molecule has 0 N–H and O–H groups in total. The summed E-state index contributed by atoms with van der Waals surface area (Å²) in [6.45, 7) is 7.57. The Kier molecular flexibility index (Phi) is 6.23. The van der Waals surface area contributed by atoms with Crippen molar-refractivity contribution in [3.63, 3.8) is 0 Å². The largest absolute Gasteiger partial charge is 0.377 e. The molecule has 9 heteroatoms. The summed E-state index contributed by atoms with van der Waals surface area (Å²) in [6, 6.07) is 2.09. The molecule has 1 saturated carbocycles. The number of hydrogen-bond donors (Lipinski definition) is 0. The summed E-state index contributed by atoms with van der Waals surface area (Å²) in [7, 11) is 0. The van der Waals surface area contributed by atoms with E-state index in [9.17, 15) is 0 Å². The van der Waals surface area contributed by atoms with Crippen LogP contribution in [0.15, 0.2) is 18.5 Å². The van der Waals surface area contributed by atoms with E-state index < -0.39 is 0 Å². The monoisotopic (exact) mass is 474 g/mol. The van der Waals surface area contributed by atoms with Crippen molar-refractivity contribution < 1.29 is 4.74 Å². The Labute approximate surface area is 198 Å². The highest BCUT2D eigenvalue weighted by atomic mass is 35.5. The smallest absolute Gasteiger partial charge is 0.225 e. The van der Waals surface area contributed by atoms with E-state index >= 15 is 0 Å². The Morgan fingerprint density at radius 1 is 1.06 bits per heavy atom. The minimum atomic E-state index is 0.171. The summed E-state index contributed by atoms with van der Waals surface area (Å²) in [6.07, 6.45) is 8.37. The van der Waals surface area contributed by atoms with Gasteiger partial charge in [0, 0.05) is 31.0 Å². The lowest BCUT2D eigenvalue weighted by Gasteiger charge is -2.35. The number of halogens is 2. The number of anilines is 1. The van der Waals surface area contributed by atoms with Gasteiger partial charge in [-0.3, -0.25) is 4.98 Å². The first kappa shape index (κ1) is 21.9. The highest BCUT2D eigenvalue weighted by Crippen LogP contribution is 2.36. The van der Waals surface area contributed by atoms with Gasteiger partial charge in [0.25, 0.3) is 0 Å². The van der Waals surface area contributed by atoms with Gasteiger partial charge < -0.3 is 14.2 Å². The molecular weight excluding hydrogens is 447 g/mol. The van der Waals surface area contributed by atoms with Crippen LogP contribution in [0.25, 0.3) is 22.4 Å². The van der Waals surface area contributed by atoms with Crippen molar-refractivity contribution in [2.75, 3.05) is 24.7 Å². The second-order valence-corrected chi connectivity index (χ2v) is 9.95. The number of imidazole rings is 1. The molecule has 2 fully saturated rings. The van der Waals surface area contributed by atoms with Gasteiger partial charge in [0.1, 0.15) is 11.2 Å². The average Bonchev–Trinajstić information content (AvgIpc) is 3.12. The van der Waals surface area contributed by atoms with Crippen LogP contribution in [-0.4, -0.2) is 50.3 Å². The van der Waals surface area contributed by atoms with Gasteiger partial charge in [-0.2, -0.15) is 9.97 Å². The van der Waals surface area contributed by atoms with E-state index in [2.05, 4.69) is 38.3 Å². The van der Waals surface area contributed by atoms with Crippen LogP contribution < -0.4 is 4.90 Å². The van der Waals surface area contributed by atoms with Gasteiger partial charge in [-0.15, -0.1) is 0 Å². The van der Waals surface area contributed by atoms with Crippen molar-refractivity contribution in [2.45, 2.75) is 52.1 Å². The molecule has 1 atom stereocenters. The van der Waals surface area contributed by atoms with Gasteiger partial charge in [0.2, 0.25) is 11.2 Å². The van der Waals surface area contributed by atoms with Crippen LogP contribution in [-0.2, 0) is 11.3 Å². The first-order valence-corrected chi connectivity index (χ1v) is 12.1. The zero-order chi connectivity index (χ0) is 22.2. The van der Waals surface area contributed by atoms with Gasteiger partial charge >= 0.3 is 0 Å². The Morgan fingerprint density at radius 2 is 1.88 bits per heavy atom. The molecule has 1 saturated heterocycles. The maximum atomic E-state index is 6.34. The number of fused-ring (bicyclic) bond motifs is 1. The molecule has 32 heavy (non-hydrogen) atoms. The van der Waals surface area contributed by atoms with E-state index in [1.807, 2.05) is 6.07 Å². The van der Waals surface area contributed by atoms with E-state index in [-0.39, 0.29) is 11.3 Å². The molecule has 5 rings (SSSR count). The van der Waals surface area contributed by atoms with E-state index in [0.29, 0.717) is 29.8 Å². The van der Waals surface area contributed by atoms with Gasteiger partial charge in [0.15, 0.2) is 5.65 Å². The van der Waals surface area contributed by atoms with Crippen LogP contribution in [0.5, 0.6) is 0 Å². The maximum absolute atomic E-state index is 6.34. The fourth-order valence-electron chi connectivity index (χ4n) is 4.93. The second-order valence-electron chi connectivity index (χ2n) is 9.17. The number of aromatic nitrogens is 5. The molecule has 1 aliphatic carbocycles. The third kappa shape index (κ3) is 4.30. The number of pyridine rings is 1. The van der Waals surface area contributed by atoms with Crippen molar-refractivity contribution >= 4 is 40.3 Å². The number of nitrogens with zero attached hydrogens (tertiary/aromatic N) is 6. The lowest BCUT2D eigenvalue weighted by Crippen LogP contribution is -2.45. The molecule has 0 amide bonds. The highest BCUT2D eigenvalue weighted by Gasteiger charge is 2.29. The lowest BCUT2D eigenvalue weighted by molar-refractivity contribution is 0.0976. The quantitative estimate of drug-likeness (QED) is 0.481. The number of morpholine rings is 1. The van der Waals surface area contributed by atoms with Gasteiger partial charge in [-0.05, 0) is 49.3 Å². The van der Waals surface area contributed by atoms with E-state index in [1.165, 1.54) is 25.7 Å². The van der Waals surface area contributed by atoms with Gasteiger partial charge in [0.05, 0.1) is 24.3 Å². The molecule has 1 aliphatic heterocycles. The van der Waals surface area contributed by atoms with E-state index in [1.54, 1.807) is 12.4 Å². The SMILES string of the molecule is C[C@@H]1COCCN1c1nc2nc(Cl)nc(-c3cncc(Cl)c3)c2n1C[C@H]1CC[C@H](C)CC1. The summed E-state index contributed by atoms with van der Waals surface area (Å²) in [5, 5.41) is 0.727. The maximum Gasteiger partial charge on any atom is 0.225 e. The minimum Gasteiger partial charge on any atom is -0.377 e. The van der Waals surface area contributed by atoms with Crippen LogP contribution in [0.1, 0.15) is 39.5 Å². The lowest BCUT2D eigenvalue weighted by atomic mass is 9.83. The predicted octanol–water partition coefficient (Wildman–Crippen LogP) is 5.25. The van der Waals surface area contributed by atoms with E-state index in [4.69, 9.17) is 32.9 Å². The number of ether oxygens (including phenoxy) is 1. The molecule has 4 heterocycles. The topological polar surface area (TPSA) is 69.0 Å². The van der Waals surface area contributed by atoms with Crippen molar-refractivity contribution in [3.8, 4) is 11.3 Å². The summed E-state index contributed by atoms with van der Waals surface area (Å²) in [4.78, 5) is 20.7. The van der Waals surface area contributed by atoms with Crippen molar-refractivity contribution in [3.05, 3.63) is 28.8 Å². The molecule has 2 aliphatic rings. The van der Waals surface area contributed by atoms with Crippen molar-refractivity contribution in [1.82, 2.24) is 24.5 Å². The minimum absolute atomic E-state index is 0.171. The molecule has 0 aromatic carbocycles. The Balaban J connectivity index is 1.67. The molecule has 0 unspecified atom stereocenters. The number of rotatable bonds is 4. The first-order valence-electron chi connectivity index (χ1n) is 11.4. The van der Waals surface area contributed by atoms with Crippen LogP contribution in [0.3, 0.4) is 0 Å². The predicted molar refractivity (Wildman–Crippen MR) is 127 cm³/mol. The Bertz CT molecular complexity index is 1110. The van der Waals surface area contributed by atoms with Gasteiger partial charge in [-0.25, -0.2) is 4.98 Å². The Morgan fingerprint density at radius 3 is 2.62 bits per heavy atom. The summed E-state index contributed by atoms with van der Waals surface area (Å²) in [5.74, 6) is 2.32. The van der Waals surface area contributed by atoms with Crippen LogP contribution in [0.4, 0.5) is 5.95 Å². The summed E-state index contributed by atoms with van der Waals surface area (Å²) >= 11 is 12.6. The number of hydrogen-bond acceptors (Lipinski definition) is 6. The molecule has 3 aromatic heterocycles. The van der Waals surface area contributed by atoms with E-state index in [0.717, 1.165) is 41.7 Å². The zero-order valence-electron chi connectivity index (χ0n) is 18.5. The standard InChI is InChI=1S/C23H28Cl2N6O/c1-14-3-5-16(6-4-14)12-31-20-19(17-9-18(24)11-26-10-17)27-22(25)28-21(20)29-23(31)30-7-8-32-13-15(30)2/h9-11,14-16H,3-8,12-13H2,1-2H3/t14-,15-,16-/m1/s1. The molecule has 0 bridgehead atoms. The first-order chi connectivity index (χ1) is 15.5. The molecular formula is C23H28Cl2N6O. The summed E-state index contributed by atoms with van der Waals surface area (Å²) < 4.78 is 7.99. The molecule has 170 valence electrons. The Hall–Kier alpha value is -1.96. The highest BCUT2D eigenvalue weighted by molar-refractivity contribution is 6.30. The zero-order valence-corrected chi connectivity index (χ0v) is 20.0. The molecule has 7 nitrogen and oxygen atoms in total. The fraction of sp³-hybridized carbons (Fsp3) is 0.565. The normalized spacial score (nSPS) is 24.2. The second kappa shape index (κ2) is 9.12. The fourth-order valence-corrected chi connectivity index (χ4v) is 5.27. The third-order valence-electron chi connectivity index (χ3n) is 6.73. The van der Waals surface area contributed by atoms with Crippen molar-refractivity contribution in [1.29, 1.82) is 0 Å². The molecule has 0 radical (unpaired) electrons. The van der Waals surface area contributed by atoms with Gasteiger partial charge in [-0.1, -0.05) is 31.4 Å². The third-order valence-corrected chi connectivity index (χ3v) is 7.11. The summed E-state index contributed by atoms with van der Waals surface area (Å²) in [5.41, 5.74) is 3.04. The van der Waals surface area contributed by atoms with Crippen LogP contribution in [0.2, 0.25) is 10.3 Å². The van der Waals surface area contributed by atoms with Crippen molar-refractivity contribution in [2.24, 2.45) is 11.8 Å². The van der Waals surface area contributed by atoms with Crippen LogP contribution >= 0.6 is 23.2 Å². The van der Waals surface area contributed by atoms with Crippen LogP contribution in [0, 0.1) is 11.8 Å².